The van der Waals surface area contributed by atoms with Gasteiger partial charge in [-0.15, -0.1) is 11.8 Å². The number of aryl methyl sites for hydroxylation is 1. The van der Waals surface area contributed by atoms with Crippen LogP contribution in [0.4, 0.5) is 5.69 Å². The molecule has 7 nitrogen and oxygen atoms in total. The fourth-order valence-electron chi connectivity index (χ4n) is 3.29. The summed E-state index contributed by atoms with van der Waals surface area (Å²) in [4.78, 5) is 26.6. The Labute approximate surface area is 174 Å². The lowest BCUT2D eigenvalue weighted by molar-refractivity contribution is -0.387. The maximum absolute atomic E-state index is 12.9. The molecule has 0 aliphatic carbocycles. The van der Waals surface area contributed by atoms with Crippen molar-refractivity contribution in [2.45, 2.75) is 17.9 Å². The van der Waals surface area contributed by atoms with Crippen molar-refractivity contribution in [3.05, 3.63) is 69.3 Å². The van der Waals surface area contributed by atoms with E-state index in [9.17, 15) is 14.9 Å². The van der Waals surface area contributed by atoms with Gasteiger partial charge >= 0.3 is 0 Å². The number of hydrogen-bond donors (Lipinski definition) is 1. The number of amides is 1. The zero-order valence-corrected chi connectivity index (χ0v) is 17.4. The van der Waals surface area contributed by atoms with E-state index >= 15 is 0 Å². The molecule has 8 heteroatoms. The Kier molecular flexibility index (Phi) is 7.24. The molecule has 1 fully saturated rings. The number of ether oxygens (including phenoxy) is 1. The number of nitrogens with one attached hydrogen (secondary N) is 1. The van der Waals surface area contributed by atoms with Gasteiger partial charge in [-0.1, -0.05) is 29.8 Å². The van der Waals surface area contributed by atoms with Gasteiger partial charge in [0.1, 0.15) is 0 Å². The predicted octanol–water partition coefficient (Wildman–Crippen LogP) is 3.43. The number of nitro groups is 1. The molecule has 1 N–H and O–H groups in total. The van der Waals surface area contributed by atoms with Gasteiger partial charge in [0.25, 0.3) is 11.6 Å². The fourth-order valence-corrected chi connectivity index (χ4v) is 3.84. The molecule has 154 valence electrons. The van der Waals surface area contributed by atoms with Crippen LogP contribution in [0.15, 0.2) is 47.4 Å². The third-order valence-corrected chi connectivity index (χ3v) is 5.75. The van der Waals surface area contributed by atoms with E-state index in [4.69, 9.17) is 4.74 Å². The topological polar surface area (TPSA) is 84.7 Å². The van der Waals surface area contributed by atoms with Gasteiger partial charge in [-0.3, -0.25) is 19.8 Å². The number of nitrogens with zero attached hydrogens (tertiary/aromatic N) is 2. The number of thioether (sulfide) groups is 1. The third-order valence-electron chi connectivity index (χ3n) is 4.97. The second kappa shape index (κ2) is 9.87. The van der Waals surface area contributed by atoms with Gasteiger partial charge in [0, 0.05) is 31.3 Å². The Morgan fingerprint density at radius 2 is 1.93 bits per heavy atom. The van der Waals surface area contributed by atoms with E-state index in [0.29, 0.717) is 24.7 Å². The molecule has 0 aromatic heterocycles. The lowest BCUT2D eigenvalue weighted by Crippen LogP contribution is -2.43. The standard InChI is InChI=1S/C21H25N3O4S/c1-15-3-5-16(6-4-15)18(14-23-9-11-28-12-10-23)22-21(25)17-7-8-20(29-2)19(13-17)24(26)27/h3-8,13,18H,9-12,14H2,1-2H3,(H,22,25). The predicted molar refractivity (Wildman–Crippen MR) is 114 cm³/mol. The number of hydrogen-bond acceptors (Lipinski definition) is 6. The highest BCUT2D eigenvalue weighted by Crippen LogP contribution is 2.28. The second-order valence-corrected chi connectivity index (χ2v) is 7.84. The maximum atomic E-state index is 12.9. The first-order valence-corrected chi connectivity index (χ1v) is 10.7. The molecule has 3 rings (SSSR count). The number of benzene rings is 2. The average molecular weight is 416 g/mol. The average Bonchev–Trinajstić information content (AvgIpc) is 2.74. The summed E-state index contributed by atoms with van der Waals surface area (Å²) in [6.45, 7) is 5.65. The van der Waals surface area contributed by atoms with Crippen molar-refractivity contribution < 1.29 is 14.5 Å². The number of morpholine rings is 1. The first kappa shape index (κ1) is 21.3. The second-order valence-electron chi connectivity index (χ2n) is 6.99. The van der Waals surface area contributed by atoms with Crippen LogP contribution in [0.25, 0.3) is 0 Å². The minimum atomic E-state index is -0.451. The van der Waals surface area contributed by atoms with E-state index in [2.05, 4.69) is 10.2 Å². The van der Waals surface area contributed by atoms with Gasteiger partial charge in [-0.2, -0.15) is 0 Å². The summed E-state index contributed by atoms with van der Waals surface area (Å²) in [6.07, 6.45) is 1.78. The molecule has 0 spiro atoms. The highest BCUT2D eigenvalue weighted by molar-refractivity contribution is 7.98. The summed E-state index contributed by atoms with van der Waals surface area (Å²) >= 11 is 1.29. The molecule has 1 atom stereocenters. The molecule has 1 heterocycles. The van der Waals surface area contributed by atoms with E-state index in [0.717, 1.165) is 24.2 Å². The van der Waals surface area contributed by atoms with E-state index < -0.39 is 4.92 Å². The van der Waals surface area contributed by atoms with Crippen molar-refractivity contribution in [2.75, 3.05) is 39.1 Å². The van der Waals surface area contributed by atoms with Crippen LogP contribution in [0.3, 0.4) is 0 Å². The number of nitro benzene ring substituents is 1. The molecular formula is C21H25N3O4S. The molecular weight excluding hydrogens is 390 g/mol. The smallest absolute Gasteiger partial charge is 0.283 e. The zero-order chi connectivity index (χ0) is 20.8. The largest absolute Gasteiger partial charge is 0.379 e. The highest BCUT2D eigenvalue weighted by Gasteiger charge is 2.22. The van der Waals surface area contributed by atoms with Crippen LogP contribution >= 0.6 is 11.8 Å². The summed E-state index contributed by atoms with van der Waals surface area (Å²) in [6, 6.07) is 12.5. The van der Waals surface area contributed by atoms with E-state index in [1.54, 1.807) is 18.4 Å². The van der Waals surface area contributed by atoms with Crippen LogP contribution < -0.4 is 5.32 Å². The summed E-state index contributed by atoms with van der Waals surface area (Å²) in [5.41, 5.74) is 2.39. The van der Waals surface area contributed by atoms with Crippen molar-refractivity contribution in [3.8, 4) is 0 Å². The zero-order valence-electron chi connectivity index (χ0n) is 16.6. The normalized spacial score (nSPS) is 15.7. The summed E-state index contributed by atoms with van der Waals surface area (Å²) < 4.78 is 5.42. The van der Waals surface area contributed by atoms with Gasteiger partial charge in [-0.05, 0) is 30.9 Å². The maximum Gasteiger partial charge on any atom is 0.283 e. The van der Waals surface area contributed by atoms with Crippen molar-refractivity contribution in [1.29, 1.82) is 0 Å². The number of rotatable bonds is 7. The molecule has 1 amide bonds. The van der Waals surface area contributed by atoms with Crippen LogP contribution in [0.5, 0.6) is 0 Å². The molecule has 1 saturated heterocycles. The molecule has 0 saturated carbocycles. The van der Waals surface area contributed by atoms with Crippen LogP contribution in [-0.4, -0.2) is 54.8 Å². The summed E-state index contributed by atoms with van der Waals surface area (Å²) in [5, 5.41) is 14.4. The van der Waals surface area contributed by atoms with Crippen LogP contribution in [0.1, 0.15) is 27.5 Å². The Morgan fingerprint density at radius 3 is 2.55 bits per heavy atom. The summed E-state index contributed by atoms with van der Waals surface area (Å²) in [5.74, 6) is -0.320. The van der Waals surface area contributed by atoms with Crippen LogP contribution in [0.2, 0.25) is 0 Å². The van der Waals surface area contributed by atoms with Crippen molar-refractivity contribution in [3.63, 3.8) is 0 Å². The van der Waals surface area contributed by atoms with Gasteiger partial charge < -0.3 is 10.1 Å². The van der Waals surface area contributed by atoms with Crippen LogP contribution in [0, 0.1) is 17.0 Å². The highest BCUT2D eigenvalue weighted by atomic mass is 32.2. The van der Waals surface area contributed by atoms with Gasteiger partial charge in [0.15, 0.2) is 0 Å². The first-order chi connectivity index (χ1) is 14.0. The lowest BCUT2D eigenvalue weighted by atomic mass is 10.0. The fraction of sp³-hybridized carbons (Fsp3) is 0.381. The van der Waals surface area contributed by atoms with Gasteiger partial charge in [-0.25, -0.2) is 0 Å². The quantitative estimate of drug-likeness (QED) is 0.424. The molecule has 2 aromatic carbocycles. The Hall–Kier alpha value is -2.42. The molecule has 29 heavy (non-hydrogen) atoms. The van der Waals surface area contributed by atoms with Crippen LogP contribution in [-0.2, 0) is 4.74 Å². The van der Waals surface area contributed by atoms with Crippen molar-refractivity contribution in [2.24, 2.45) is 0 Å². The van der Waals surface area contributed by atoms with E-state index in [1.807, 2.05) is 31.2 Å². The Bertz CT molecular complexity index is 867. The van der Waals surface area contributed by atoms with E-state index in [1.165, 1.54) is 17.8 Å². The third kappa shape index (κ3) is 5.56. The van der Waals surface area contributed by atoms with Gasteiger partial charge in [0.05, 0.1) is 29.1 Å². The Morgan fingerprint density at radius 1 is 1.24 bits per heavy atom. The number of carbonyl (C=O) groups excluding carboxylic acids is 1. The molecule has 0 bridgehead atoms. The summed E-state index contributed by atoms with van der Waals surface area (Å²) in [7, 11) is 0. The molecule has 1 aliphatic heterocycles. The number of carbonyl (C=O) groups is 1. The van der Waals surface area contributed by atoms with Crippen molar-refractivity contribution >= 4 is 23.4 Å². The van der Waals surface area contributed by atoms with Crippen molar-refractivity contribution in [1.82, 2.24) is 10.2 Å². The molecule has 0 radical (unpaired) electrons. The first-order valence-electron chi connectivity index (χ1n) is 9.48. The minimum absolute atomic E-state index is 0.0507. The lowest BCUT2D eigenvalue weighted by Gasteiger charge is -2.31. The molecule has 1 unspecified atom stereocenters. The SMILES string of the molecule is CSc1ccc(C(=O)NC(CN2CCOCC2)c2ccc(C)cc2)cc1[N+](=O)[O-]. The van der Waals surface area contributed by atoms with Gasteiger partial charge in [0.2, 0.25) is 0 Å². The van der Waals surface area contributed by atoms with E-state index in [-0.39, 0.29) is 23.2 Å². The molecule has 2 aromatic rings. The minimum Gasteiger partial charge on any atom is -0.379 e. The Balaban J connectivity index is 1.82. The monoisotopic (exact) mass is 415 g/mol. The molecule has 1 aliphatic rings.